The van der Waals surface area contributed by atoms with Gasteiger partial charge in [0.25, 0.3) is 0 Å². The maximum atomic E-state index is 12.2. The third-order valence-electron chi connectivity index (χ3n) is 3.15. The monoisotopic (exact) mass is 276 g/mol. The van der Waals surface area contributed by atoms with Gasteiger partial charge < -0.3 is 4.98 Å². The maximum absolute atomic E-state index is 12.2. The molecule has 100 valence electrons. The van der Waals surface area contributed by atoms with Crippen molar-refractivity contribution in [2.75, 3.05) is 0 Å². The zero-order chi connectivity index (χ0) is 13.2. The Bertz CT molecular complexity index is 479. The van der Waals surface area contributed by atoms with Gasteiger partial charge in [-0.05, 0) is 25.7 Å². The average Bonchev–Trinajstić information content (AvgIpc) is 2.51. The molecule has 2 nitrogen and oxygen atoms in total. The highest BCUT2D eigenvalue weighted by molar-refractivity contribution is 7.71. The van der Waals surface area contributed by atoms with Crippen LogP contribution in [0.1, 0.15) is 42.8 Å². The Kier molecular flexibility index (Phi) is 4.04. The van der Waals surface area contributed by atoms with Crippen LogP contribution in [0.4, 0.5) is 13.2 Å². The Labute approximate surface area is 109 Å². The van der Waals surface area contributed by atoms with E-state index in [9.17, 15) is 13.2 Å². The molecule has 0 fully saturated rings. The van der Waals surface area contributed by atoms with Crippen molar-refractivity contribution in [3.05, 3.63) is 21.7 Å². The van der Waals surface area contributed by atoms with E-state index in [1.807, 2.05) is 0 Å². The van der Waals surface area contributed by atoms with Gasteiger partial charge in [0.1, 0.15) is 10.5 Å². The minimum absolute atomic E-state index is 0.125. The summed E-state index contributed by atoms with van der Waals surface area (Å²) in [4.78, 5) is 7.13. The zero-order valence-corrected chi connectivity index (χ0v) is 10.8. The number of nitrogens with zero attached hydrogens (tertiary/aromatic N) is 1. The third-order valence-corrected chi connectivity index (χ3v) is 3.49. The van der Waals surface area contributed by atoms with Crippen LogP contribution in [0.25, 0.3) is 0 Å². The Morgan fingerprint density at radius 3 is 2.61 bits per heavy atom. The van der Waals surface area contributed by atoms with E-state index in [1.165, 1.54) is 0 Å². The molecule has 18 heavy (non-hydrogen) atoms. The van der Waals surface area contributed by atoms with Crippen molar-refractivity contribution in [1.82, 2.24) is 9.97 Å². The minimum atomic E-state index is -4.15. The molecule has 1 aromatic heterocycles. The van der Waals surface area contributed by atoms with Gasteiger partial charge in [0.05, 0.1) is 6.42 Å². The molecule has 1 aliphatic rings. The van der Waals surface area contributed by atoms with Crippen molar-refractivity contribution >= 4 is 12.2 Å². The first-order valence-corrected chi connectivity index (χ1v) is 6.54. The summed E-state index contributed by atoms with van der Waals surface area (Å²) in [5.74, 6) is 0.359. The number of nitrogens with one attached hydrogen (secondary N) is 1. The fraction of sp³-hybridized carbons (Fsp3) is 0.667. The van der Waals surface area contributed by atoms with E-state index in [0.717, 1.165) is 43.4 Å². The SMILES string of the molecule is FC(F)(F)CCc1nc(=S)c2c([nH]1)CCCCC2. The molecule has 0 amide bonds. The number of alkyl halides is 3. The molecular formula is C12H15F3N2S. The second-order valence-corrected chi connectivity index (χ2v) is 5.01. The molecule has 0 aliphatic heterocycles. The van der Waals surface area contributed by atoms with Crippen LogP contribution < -0.4 is 0 Å². The van der Waals surface area contributed by atoms with Gasteiger partial charge in [-0.3, -0.25) is 0 Å². The molecule has 0 saturated heterocycles. The lowest BCUT2D eigenvalue weighted by molar-refractivity contribution is -0.134. The van der Waals surface area contributed by atoms with Gasteiger partial charge in [0.2, 0.25) is 0 Å². The lowest BCUT2D eigenvalue weighted by Crippen LogP contribution is -2.12. The summed E-state index contributed by atoms with van der Waals surface area (Å²) in [6, 6.07) is 0. The van der Waals surface area contributed by atoms with E-state index in [-0.39, 0.29) is 6.42 Å². The summed E-state index contributed by atoms with van der Waals surface area (Å²) in [5.41, 5.74) is 2.02. The summed E-state index contributed by atoms with van der Waals surface area (Å²) < 4.78 is 37.0. The van der Waals surface area contributed by atoms with E-state index in [0.29, 0.717) is 10.5 Å². The predicted octanol–water partition coefficient (Wildman–Crippen LogP) is 3.90. The predicted molar refractivity (Wildman–Crippen MR) is 65.1 cm³/mol. The first-order chi connectivity index (χ1) is 8.46. The molecule has 0 atom stereocenters. The molecule has 1 aliphatic carbocycles. The number of aromatic amines is 1. The normalized spacial score (nSPS) is 16.2. The quantitative estimate of drug-likeness (QED) is 0.655. The molecule has 0 unspecified atom stereocenters. The number of hydrogen-bond acceptors (Lipinski definition) is 2. The molecule has 6 heteroatoms. The van der Waals surface area contributed by atoms with Crippen molar-refractivity contribution < 1.29 is 13.2 Å². The lowest BCUT2D eigenvalue weighted by Gasteiger charge is -2.10. The van der Waals surface area contributed by atoms with Gasteiger partial charge >= 0.3 is 6.18 Å². The Morgan fingerprint density at radius 2 is 1.89 bits per heavy atom. The molecule has 0 bridgehead atoms. The van der Waals surface area contributed by atoms with Gasteiger partial charge in [-0.15, -0.1) is 0 Å². The fourth-order valence-electron chi connectivity index (χ4n) is 2.23. The van der Waals surface area contributed by atoms with Crippen molar-refractivity contribution in [2.45, 2.75) is 51.1 Å². The second-order valence-electron chi connectivity index (χ2n) is 4.62. The van der Waals surface area contributed by atoms with Gasteiger partial charge in [-0.2, -0.15) is 13.2 Å². The van der Waals surface area contributed by atoms with Crippen molar-refractivity contribution in [1.29, 1.82) is 0 Å². The molecule has 1 N–H and O–H groups in total. The number of fused-ring (bicyclic) bond motifs is 1. The highest BCUT2D eigenvalue weighted by Crippen LogP contribution is 2.23. The van der Waals surface area contributed by atoms with Crippen LogP contribution in [0, 0.1) is 4.64 Å². The topological polar surface area (TPSA) is 28.7 Å². The number of aromatic nitrogens is 2. The molecule has 0 spiro atoms. The summed E-state index contributed by atoms with van der Waals surface area (Å²) in [6.07, 6.45) is -0.115. The number of hydrogen-bond donors (Lipinski definition) is 1. The second kappa shape index (κ2) is 5.38. The van der Waals surface area contributed by atoms with Crippen LogP contribution in [0.15, 0.2) is 0 Å². The van der Waals surface area contributed by atoms with Crippen LogP contribution in [0.5, 0.6) is 0 Å². The fourth-order valence-corrected chi connectivity index (χ4v) is 2.56. The van der Waals surface area contributed by atoms with E-state index in [2.05, 4.69) is 9.97 Å². The Balaban J connectivity index is 2.21. The number of rotatable bonds is 2. The first-order valence-electron chi connectivity index (χ1n) is 6.13. The molecule has 0 saturated carbocycles. The van der Waals surface area contributed by atoms with E-state index >= 15 is 0 Å². The molecular weight excluding hydrogens is 261 g/mol. The van der Waals surface area contributed by atoms with Crippen LogP contribution in [-0.2, 0) is 19.3 Å². The maximum Gasteiger partial charge on any atom is 0.389 e. The summed E-state index contributed by atoms with van der Waals surface area (Å²) in [5, 5.41) is 0. The van der Waals surface area contributed by atoms with E-state index in [4.69, 9.17) is 12.2 Å². The summed E-state index contributed by atoms with van der Waals surface area (Å²) >= 11 is 5.18. The highest BCUT2D eigenvalue weighted by Gasteiger charge is 2.27. The van der Waals surface area contributed by atoms with Gasteiger partial charge in [-0.25, -0.2) is 4.98 Å². The standard InChI is InChI=1S/C12H15F3N2S/c13-12(14,15)7-6-10-16-9-5-3-1-2-4-8(9)11(18)17-10/h1-7H2,(H,16,17,18). The molecule has 1 aromatic rings. The molecule has 1 heterocycles. The van der Waals surface area contributed by atoms with Crippen molar-refractivity contribution in [2.24, 2.45) is 0 Å². The lowest BCUT2D eigenvalue weighted by atomic mass is 10.1. The van der Waals surface area contributed by atoms with E-state index < -0.39 is 12.6 Å². The molecule has 0 aromatic carbocycles. The first kappa shape index (κ1) is 13.5. The summed E-state index contributed by atoms with van der Waals surface area (Å²) in [6.45, 7) is 0. The number of aryl methyl sites for hydroxylation is 2. The van der Waals surface area contributed by atoms with Crippen LogP contribution in [0.2, 0.25) is 0 Å². The molecule has 0 radical (unpaired) electrons. The smallest absolute Gasteiger partial charge is 0.347 e. The summed E-state index contributed by atoms with van der Waals surface area (Å²) in [7, 11) is 0. The third kappa shape index (κ3) is 3.54. The van der Waals surface area contributed by atoms with Crippen LogP contribution in [-0.4, -0.2) is 16.1 Å². The largest absolute Gasteiger partial charge is 0.389 e. The molecule has 2 rings (SSSR count). The van der Waals surface area contributed by atoms with Gasteiger partial charge in [-0.1, -0.05) is 18.6 Å². The zero-order valence-electron chi connectivity index (χ0n) is 9.94. The van der Waals surface area contributed by atoms with Crippen LogP contribution in [0.3, 0.4) is 0 Å². The van der Waals surface area contributed by atoms with Crippen LogP contribution >= 0.6 is 12.2 Å². The number of halogens is 3. The Morgan fingerprint density at radius 1 is 1.17 bits per heavy atom. The van der Waals surface area contributed by atoms with Crippen molar-refractivity contribution in [3.8, 4) is 0 Å². The van der Waals surface area contributed by atoms with E-state index in [1.54, 1.807) is 0 Å². The highest BCUT2D eigenvalue weighted by atomic mass is 32.1. The minimum Gasteiger partial charge on any atom is -0.347 e. The van der Waals surface area contributed by atoms with Crippen molar-refractivity contribution in [3.63, 3.8) is 0 Å². The van der Waals surface area contributed by atoms with Gasteiger partial charge in [0.15, 0.2) is 0 Å². The Hall–Kier alpha value is -0.910. The average molecular weight is 276 g/mol. The van der Waals surface area contributed by atoms with Gasteiger partial charge in [0, 0.05) is 17.7 Å². The number of H-pyrrole nitrogens is 1.